The molecule has 0 aliphatic carbocycles. The van der Waals surface area contributed by atoms with Gasteiger partial charge in [0.2, 0.25) is 0 Å². The van der Waals surface area contributed by atoms with Crippen LogP contribution < -0.4 is 4.90 Å². The molecule has 0 aliphatic heterocycles. The summed E-state index contributed by atoms with van der Waals surface area (Å²) in [6, 6.07) is 9.97. The average molecular weight is 312 g/mol. The first-order chi connectivity index (χ1) is 11.2. The number of rotatable bonds is 7. The Morgan fingerprint density at radius 1 is 0.957 bits per heavy atom. The van der Waals surface area contributed by atoms with Crippen LogP contribution in [0.1, 0.15) is 36.8 Å². The molecule has 1 aromatic carbocycles. The molecule has 0 spiro atoms. The number of benzene rings is 1. The summed E-state index contributed by atoms with van der Waals surface area (Å²) in [6.07, 6.45) is 3.25. The van der Waals surface area contributed by atoms with Gasteiger partial charge in [0.25, 0.3) is 5.91 Å². The van der Waals surface area contributed by atoms with Crippen molar-refractivity contribution in [2.75, 3.05) is 24.5 Å². The number of aromatic nitrogens is 2. The van der Waals surface area contributed by atoms with Crippen molar-refractivity contribution >= 4 is 11.7 Å². The molecule has 122 valence electrons. The number of carbonyl (C=O) groups excluding carboxylic acids is 1. The van der Waals surface area contributed by atoms with Gasteiger partial charge in [-0.1, -0.05) is 30.3 Å². The van der Waals surface area contributed by atoms with Crippen LogP contribution in [-0.4, -0.2) is 40.4 Å². The van der Waals surface area contributed by atoms with Gasteiger partial charge in [0, 0.05) is 26.2 Å². The summed E-state index contributed by atoms with van der Waals surface area (Å²) >= 11 is 0. The van der Waals surface area contributed by atoms with Gasteiger partial charge in [0.15, 0.2) is 0 Å². The lowest BCUT2D eigenvalue weighted by atomic mass is 10.2. The normalized spacial score (nSPS) is 10.4. The fourth-order valence-corrected chi connectivity index (χ4v) is 2.44. The summed E-state index contributed by atoms with van der Waals surface area (Å²) in [5.41, 5.74) is 1.49. The van der Waals surface area contributed by atoms with E-state index in [1.807, 2.05) is 37.3 Å². The summed E-state index contributed by atoms with van der Waals surface area (Å²) in [6.45, 7) is 9.06. The molecule has 23 heavy (non-hydrogen) atoms. The summed E-state index contributed by atoms with van der Waals surface area (Å²) in [5, 5.41) is 0. The zero-order valence-electron chi connectivity index (χ0n) is 14.1. The van der Waals surface area contributed by atoms with Gasteiger partial charge >= 0.3 is 0 Å². The summed E-state index contributed by atoms with van der Waals surface area (Å²) in [7, 11) is 0. The van der Waals surface area contributed by atoms with E-state index >= 15 is 0 Å². The first kappa shape index (κ1) is 16.9. The molecule has 0 bridgehead atoms. The highest BCUT2D eigenvalue weighted by Crippen LogP contribution is 2.11. The van der Waals surface area contributed by atoms with E-state index in [9.17, 15) is 4.79 Å². The van der Waals surface area contributed by atoms with Gasteiger partial charge in [-0.3, -0.25) is 4.79 Å². The maximum absolute atomic E-state index is 12.6. The number of carbonyl (C=O) groups is 1. The summed E-state index contributed by atoms with van der Waals surface area (Å²) < 4.78 is 0. The predicted molar refractivity (Wildman–Crippen MR) is 92.4 cm³/mol. The standard InChI is InChI=1S/C18H24N4O/c1-4-21(5-2)17-13-19-16(12-20-17)18(23)22(6-3)14-15-10-8-7-9-11-15/h7-13H,4-6,14H2,1-3H3. The molecular weight excluding hydrogens is 288 g/mol. The summed E-state index contributed by atoms with van der Waals surface area (Å²) in [5.74, 6) is 0.715. The highest BCUT2D eigenvalue weighted by molar-refractivity contribution is 5.92. The first-order valence-corrected chi connectivity index (χ1v) is 8.09. The van der Waals surface area contributed by atoms with E-state index in [4.69, 9.17) is 0 Å². The average Bonchev–Trinajstić information content (AvgIpc) is 2.61. The molecule has 0 radical (unpaired) electrons. The van der Waals surface area contributed by atoms with Gasteiger partial charge in [-0.05, 0) is 26.3 Å². The number of amides is 1. The van der Waals surface area contributed by atoms with E-state index in [-0.39, 0.29) is 5.91 Å². The third-order valence-electron chi connectivity index (χ3n) is 3.83. The lowest BCUT2D eigenvalue weighted by Crippen LogP contribution is -2.31. The highest BCUT2D eigenvalue weighted by Gasteiger charge is 2.17. The quantitative estimate of drug-likeness (QED) is 0.788. The fraction of sp³-hybridized carbons (Fsp3) is 0.389. The van der Waals surface area contributed by atoms with Crippen LogP contribution in [0.2, 0.25) is 0 Å². The van der Waals surface area contributed by atoms with E-state index in [1.165, 1.54) is 0 Å². The van der Waals surface area contributed by atoms with Crippen LogP contribution in [0.3, 0.4) is 0 Å². The van der Waals surface area contributed by atoms with Gasteiger partial charge in [0.1, 0.15) is 11.5 Å². The van der Waals surface area contributed by atoms with Crippen LogP contribution in [0, 0.1) is 0 Å². The minimum Gasteiger partial charge on any atom is -0.356 e. The lowest BCUT2D eigenvalue weighted by molar-refractivity contribution is 0.0746. The Morgan fingerprint density at radius 3 is 2.17 bits per heavy atom. The molecule has 1 amide bonds. The minimum atomic E-state index is -0.0880. The lowest BCUT2D eigenvalue weighted by Gasteiger charge is -2.22. The molecule has 1 heterocycles. The number of hydrogen-bond acceptors (Lipinski definition) is 4. The molecule has 5 nitrogen and oxygen atoms in total. The van der Waals surface area contributed by atoms with Crippen molar-refractivity contribution in [3.05, 3.63) is 54.0 Å². The molecule has 0 saturated heterocycles. The van der Waals surface area contributed by atoms with Crippen molar-refractivity contribution in [1.82, 2.24) is 14.9 Å². The third kappa shape index (κ3) is 4.28. The predicted octanol–water partition coefficient (Wildman–Crippen LogP) is 2.99. The largest absolute Gasteiger partial charge is 0.356 e. The van der Waals surface area contributed by atoms with Gasteiger partial charge in [-0.25, -0.2) is 9.97 Å². The van der Waals surface area contributed by atoms with E-state index in [0.717, 1.165) is 24.5 Å². The van der Waals surface area contributed by atoms with Crippen LogP contribution in [0.25, 0.3) is 0 Å². The van der Waals surface area contributed by atoms with Crippen LogP contribution in [0.5, 0.6) is 0 Å². The van der Waals surface area contributed by atoms with E-state index in [2.05, 4.69) is 28.7 Å². The zero-order chi connectivity index (χ0) is 16.7. The smallest absolute Gasteiger partial charge is 0.274 e. The second kappa shape index (κ2) is 8.27. The second-order valence-electron chi connectivity index (χ2n) is 5.24. The fourth-order valence-electron chi connectivity index (χ4n) is 2.44. The van der Waals surface area contributed by atoms with E-state index in [0.29, 0.717) is 18.8 Å². The SMILES string of the molecule is CCN(Cc1ccccc1)C(=O)c1cnc(N(CC)CC)cn1. The van der Waals surface area contributed by atoms with Crippen molar-refractivity contribution in [1.29, 1.82) is 0 Å². The van der Waals surface area contributed by atoms with Crippen LogP contribution in [0.15, 0.2) is 42.7 Å². The number of nitrogens with zero attached hydrogens (tertiary/aromatic N) is 4. The van der Waals surface area contributed by atoms with Gasteiger partial charge < -0.3 is 9.80 Å². The molecule has 0 fully saturated rings. The third-order valence-corrected chi connectivity index (χ3v) is 3.83. The van der Waals surface area contributed by atoms with Crippen molar-refractivity contribution in [2.24, 2.45) is 0 Å². The zero-order valence-corrected chi connectivity index (χ0v) is 14.1. The molecule has 0 aliphatic rings. The molecule has 0 saturated carbocycles. The molecule has 5 heteroatoms. The topological polar surface area (TPSA) is 49.3 Å². The van der Waals surface area contributed by atoms with Crippen LogP contribution >= 0.6 is 0 Å². The molecule has 0 atom stereocenters. The maximum atomic E-state index is 12.6. The molecule has 2 rings (SSSR count). The number of hydrogen-bond donors (Lipinski definition) is 0. The Bertz CT molecular complexity index is 609. The molecule has 0 unspecified atom stereocenters. The molecular formula is C18H24N4O. The molecule has 0 N–H and O–H groups in total. The van der Waals surface area contributed by atoms with Crippen LogP contribution in [-0.2, 0) is 6.54 Å². The first-order valence-electron chi connectivity index (χ1n) is 8.09. The van der Waals surface area contributed by atoms with Crippen molar-refractivity contribution in [3.63, 3.8) is 0 Å². The maximum Gasteiger partial charge on any atom is 0.274 e. The Hall–Kier alpha value is -2.43. The highest BCUT2D eigenvalue weighted by atomic mass is 16.2. The minimum absolute atomic E-state index is 0.0880. The Labute approximate surface area is 138 Å². The van der Waals surface area contributed by atoms with Crippen molar-refractivity contribution < 1.29 is 4.79 Å². The summed E-state index contributed by atoms with van der Waals surface area (Å²) in [4.78, 5) is 25.2. The van der Waals surface area contributed by atoms with E-state index < -0.39 is 0 Å². The Kier molecular flexibility index (Phi) is 6.09. The van der Waals surface area contributed by atoms with Gasteiger partial charge in [-0.2, -0.15) is 0 Å². The van der Waals surface area contributed by atoms with Gasteiger partial charge in [0.05, 0.1) is 12.4 Å². The molecule has 1 aromatic heterocycles. The monoisotopic (exact) mass is 312 g/mol. The van der Waals surface area contributed by atoms with Crippen LogP contribution in [0.4, 0.5) is 5.82 Å². The Morgan fingerprint density at radius 2 is 1.65 bits per heavy atom. The Balaban J connectivity index is 2.11. The van der Waals surface area contributed by atoms with Crippen molar-refractivity contribution in [2.45, 2.75) is 27.3 Å². The van der Waals surface area contributed by atoms with Crippen molar-refractivity contribution in [3.8, 4) is 0 Å². The second-order valence-corrected chi connectivity index (χ2v) is 5.24. The molecule has 2 aromatic rings. The number of anilines is 1. The van der Waals surface area contributed by atoms with E-state index in [1.54, 1.807) is 17.3 Å². The van der Waals surface area contributed by atoms with Gasteiger partial charge in [-0.15, -0.1) is 0 Å².